The highest BCUT2D eigenvalue weighted by molar-refractivity contribution is 5.93. The van der Waals surface area contributed by atoms with E-state index in [0.29, 0.717) is 11.7 Å². The average Bonchev–Trinajstić information content (AvgIpc) is 2.46. The molecule has 2 N–H and O–H groups in total. The number of benzene rings is 1. The molecule has 7 nitrogen and oxygen atoms in total. The molecule has 2 rings (SSSR count). The molecule has 1 aliphatic rings. The highest BCUT2D eigenvalue weighted by atomic mass is 16.6. The van der Waals surface area contributed by atoms with Gasteiger partial charge in [-0.25, -0.2) is 4.79 Å². The second kappa shape index (κ2) is 5.87. The van der Waals surface area contributed by atoms with Crippen molar-refractivity contribution < 1.29 is 14.8 Å². The first-order valence-electron chi connectivity index (χ1n) is 6.46. The number of nitrogens with one attached hydrogen (secondary N) is 1. The van der Waals surface area contributed by atoms with Crippen LogP contribution >= 0.6 is 0 Å². The minimum absolute atomic E-state index is 0.270. The Morgan fingerprint density at radius 2 is 2.10 bits per heavy atom. The molecule has 0 bridgehead atoms. The largest absolute Gasteiger partial charge is 0.477 e. The van der Waals surface area contributed by atoms with Crippen molar-refractivity contribution in [2.75, 3.05) is 25.0 Å². The van der Waals surface area contributed by atoms with Crippen molar-refractivity contribution in [3.8, 4) is 0 Å². The number of nitrogens with zero attached hydrogens (tertiary/aromatic N) is 2. The van der Waals surface area contributed by atoms with E-state index in [4.69, 9.17) is 5.11 Å². The van der Waals surface area contributed by atoms with Crippen LogP contribution in [0, 0.1) is 10.1 Å². The molecule has 0 aliphatic carbocycles. The van der Waals surface area contributed by atoms with Gasteiger partial charge in [-0.2, -0.15) is 0 Å². The molecule has 1 heterocycles. The van der Waals surface area contributed by atoms with E-state index in [1.165, 1.54) is 12.1 Å². The molecule has 20 heavy (non-hydrogen) atoms. The molecular formula is C13H17N3O4. The van der Waals surface area contributed by atoms with Crippen LogP contribution in [-0.2, 0) is 0 Å². The molecule has 108 valence electrons. The summed E-state index contributed by atoms with van der Waals surface area (Å²) in [5.74, 6) is -1.28. The maximum atomic E-state index is 11.1. The summed E-state index contributed by atoms with van der Waals surface area (Å²) >= 11 is 0. The van der Waals surface area contributed by atoms with Gasteiger partial charge in [0.15, 0.2) is 0 Å². The lowest BCUT2D eigenvalue weighted by Crippen LogP contribution is -2.41. The summed E-state index contributed by atoms with van der Waals surface area (Å²) in [5, 5.41) is 23.2. The van der Waals surface area contributed by atoms with Crippen molar-refractivity contribution in [1.82, 2.24) is 5.32 Å². The number of carbonyl (C=O) groups is 1. The van der Waals surface area contributed by atoms with Gasteiger partial charge >= 0.3 is 5.97 Å². The molecule has 0 aromatic heterocycles. The predicted octanol–water partition coefficient (Wildman–Crippen LogP) is 1.48. The van der Waals surface area contributed by atoms with Crippen LogP contribution in [-0.4, -0.2) is 42.2 Å². The number of nitro groups is 1. The Balaban J connectivity index is 2.30. The number of carboxylic acid groups (broad SMARTS) is 1. The average molecular weight is 279 g/mol. The SMILES string of the molecule is CN(c1ccc([N+](=O)[O-])c(C(=O)O)c1)C1CCNCC1. The number of piperidine rings is 1. The standard InChI is InChI=1S/C13H17N3O4/c1-15(9-4-6-14-7-5-9)10-2-3-12(16(19)20)11(8-10)13(17)18/h2-3,8-9,14H,4-7H2,1H3,(H,17,18). The minimum Gasteiger partial charge on any atom is -0.477 e. The smallest absolute Gasteiger partial charge is 0.342 e. The molecule has 0 unspecified atom stereocenters. The summed E-state index contributed by atoms with van der Waals surface area (Å²) in [7, 11) is 1.89. The number of anilines is 1. The van der Waals surface area contributed by atoms with Crippen LogP contribution in [0.3, 0.4) is 0 Å². The lowest BCUT2D eigenvalue weighted by Gasteiger charge is -2.33. The van der Waals surface area contributed by atoms with E-state index in [2.05, 4.69) is 5.32 Å². The lowest BCUT2D eigenvalue weighted by molar-refractivity contribution is -0.385. The fourth-order valence-electron chi connectivity index (χ4n) is 2.48. The van der Waals surface area contributed by atoms with Crippen LogP contribution in [0.5, 0.6) is 0 Å². The Hall–Kier alpha value is -2.15. The van der Waals surface area contributed by atoms with Crippen molar-refractivity contribution in [2.24, 2.45) is 0 Å². The number of aromatic carboxylic acids is 1. The first-order chi connectivity index (χ1) is 9.50. The van der Waals surface area contributed by atoms with Gasteiger partial charge in [-0.3, -0.25) is 10.1 Å². The van der Waals surface area contributed by atoms with Gasteiger partial charge in [-0.05, 0) is 38.1 Å². The fraction of sp³-hybridized carbons (Fsp3) is 0.462. The quantitative estimate of drug-likeness (QED) is 0.640. The van der Waals surface area contributed by atoms with Crippen LogP contribution in [0.1, 0.15) is 23.2 Å². The summed E-state index contributed by atoms with van der Waals surface area (Å²) in [5.41, 5.74) is 0.0492. The Morgan fingerprint density at radius 1 is 1.45 bits per heavy atom. The second-order valence-electron chi connectivity index (χ2n) is 4.86. The molecule has 1 aliphatic heterocycles. The number of hydrogen-bond donors (Lipinski definition) is 2. The predicted molar refractivity (Wildman–Crippen MR) is 74.4 cm³/mol. The van der Waals surface area contributed by atoms with E-state index in [9.17, 15) is 14.9 Å². The van der Waals surface area contributed by atoms with Crippen molar-refractivity contribution in [1.29, 1.82) is 0 Å². The number of rotatable bonds is 4. The van der Waals surface area contributed by atoms with Gasteiger partial charge in [0.2, 0.25) is 0 Å². The molecule has 0 spiro atoms. The lowest BCUT2D eigenvalue weighted by atomic mass is 10.0. The van der Waals surface area contributed by atoms with Crippen LogP contribution in [0.25, 0.3) is 0 Å². The van der Waals surface area contributed by atoms with Gasteiger partial charge in [-0.1, -0.05) is 0 Å². The topological polar surface area (TPSA) is 95.7 Å². The van der Waals surface area contributed by atoms with Crippen LogP contribution in [0.4, 0.5) is 11.4 Å². The molecule has 7 heteroatoms. The summed E-state index contributed by atoms with van der Waals surface area (Å²) in [6, 6.07) is 4.56. The van der Waals surface area contributed by atoms with Crippen molar-refractivity contribution >= 4 is 17.3 Å². The van der Waals surface area contributed by atoms with Gasteiger partial charge in [-0.15, -0.1) is 0 Å². The summed E-state index contributed by atoms with van der Waals surface area (Å²) in [6.07, 6.45) is 1.94. The third-order valence-corrected chi connectivity index (χ3v) is 3.67. The molecule has 1 aromatic rings. The Bertz CT molecular complexity index is 526. The normalized spacial score (nSPS) is 15.8. The van der Waals surface area contributed by atoms with E-state index in [0.717, 1.165) is 25.9 Å². The molecule has 0 amide bonds. The summed E-state index contributed by atoms with van der Waals surface area (Å²) < 4.78 is 0. The zero-order valence-corrected chi connectivity index (χ0v) is 11.2. The summed E-state index contributed by atoms with van der Waals surface area (Å²) in [6.45, 7) is 1.85. The van der Waals surface area contributed by atoms with Gasteiger partial charge in [0.25, 0.3) is 5.69 Å². The van der Waals surface area contributed by atoms with E-state index in [1.54, 1.807) is 6.07 Å². The third kappa shape index (κ3) is 2.88. The van der Waals surface area contributed by atoms with Crippen LogP contribution in [0.15, 0.2) is 18.2 Å². The zero-order valence-electron chi connectivity index (χ0n) is 11.2. The van der Waals surface area contributed by atoms with E-state index >= 15 is 0 Å². The molecule has 0 atom stereocenters. The van der Waals surface area contributed by atoms with Crippen LogP contribution in [0.2, 0.25) is 0 Å². The molecular weight excluding hydrogens is 262 g/mol. The highest BCUT2D eigenvalue weighted by Gasteiger charge is 2.23. The van der Waals surface area contributed by atoms with Gasteiger partial charge in [0, 0.05) is 24.8 Å². The Kier molecular flexibility index (Phi) is 4.19. The number of nitro benzene ring substituents is 1. The van der Waals surface area contributed by atoms with Crippen molar-refractivity contribution in [3.63, 3.8) is 0 Å². The Labute approximate surface area is 116 Å². The molecule has 1 aromatic carbocycles. The number of carboxylic acids is 1. The summed E-state index contributed by atoms with van der Waals surface area (Å²) in [4.78, 5) is 23.3. The third-order valence-electron chi connectivity index (χ3n) is 3.67. The van der Waals surface area contributed by atoms with Gasteiger partial charge in [0.05, 0.1) is 4.92 Å². The van der Waals surface area contributed by atoms with Gasteiger partial charge in [0.1, 0.15) is 5.56 Å². The van der Waals surface area contributed by atoms with Gasteiger partial charge < -0.3 is 15.3 Å². The number of hydrogen-bond acceptors (Lipinski definition) is 5. The van der Waals surface area contributed by atoms with Crippen molar-refractivity contribution in [2.45, 2.75) is 18.9 Å². The fourth-order valence-corrected chi connectivity index (χ4v) is 2.48. The van der Waals surface area contributed by atoms with E-state index < -0.39 is 10.9 Å². The first kappa shape index (κ1) is 14.3. The molecule has 0 radical (unpaired) electrons. The van der Waals surface area contributed by atoms with Crippen LogP contribution < -0.4 is 10.2 Å². The van der Waals surface area contributed by atoms with Crippen molar-refractivity contribution in [3.05, 3.63) is 33.9 Å². The highest BCUT2D eigenvalue weighted by Crippen LogP contribution is 2.27. The van der Waals surface area contributed by atoms with E-state index in [1.807, 2.05) is 11.9 Å². The first-order valence-corrected chi connectivity index (χ1v) is 6.46. The zero-order chi connectivity index (χ0) is 14.7. The second-order valence-corrected chi connectivity index (χ2v) is 4.86. The van der Waals surface area contributed by atoms with E-state index in [-0.39, 0.29) is 11.3 Å². The molecule has 1 fully saturated rings. The monoisotopic (exact) mass is 279 g/mol. The maximum Gasteiger partial charge on any atom is 0.342 e. The molecule has 1 saturated heterocycles. The molecule has 0 saturated carbocycles. The minimum atomic E-state index is -1.28. The maximum absolute atomic E-state index is 11.1. The Morgan fingerprint density at radius 3 is 2.65 bits per heavy atom.